The molecule has 144 valence electrons. The summed E-state index contributed by atoms with van der Waals surface area (Å²) in [5, 5.41) is 2.81. The van der Waals surface area contributed by atoms with Crippen LogP contribution in [-0.4, -0.2) is 27.4 Å². The third kappa shape index (κ3) is 6.88. The van der Waals surface area contributed by atoms with Crippen molar-refractivity contribution in [2.24, 2.45) is 0 Å². The summed E-state index contributed by atoms with van der Waals surface area (Å²) in [5.74, 6) is -0.202. The Labute approximate surface area is 160 Å². The van der Waals surface area contributed by atoms with Gasteiger partial charge in [-0.25, -0.2) is 13.1 Å². The van der Waals surface area contributed by atoms with Gasteiger partial charge in [0.15, 0.2) is 0 Å². The third-order valence-electron chi connectivity index (χ3n) is 3.85. The molecule has 0 saturated heterocycles. The van der Waals surface area contributed by atoms with Crippen LogP contribution in [0.4, 0.5) is 5.69 Å². The van der Waals surface area contributed by atoms with Crippen LogP contribution >= 0.6 is 0 Å². The van der Waals surface area contributed by atoms with E-state index in [0.717, 1.165) is 24.0 Å². The number of benzene rings is 2. The summed E-state index contributed by atoms with van der Waals surface area (Å²) in [6.07, 6.45) is 4.53. The van der Waals surface area contributed by atoms with Crippen LogP contribution in [0.25, 0.3) is 6.08 Å². The van der Waals surface area contributed by atoms with E-state index in [2.05, 4.69) is 10.0 Å². The lowest BCUT2D eigenvalue weighted by Gasteiger charge is -2.05. The van der Waals surface area contributed by atoms with Gasteiger partial charge in [-0.05, 0) is 54.3 Å². The molecule has 0 radical (unpaired) electrons. The standard InChI is InChI=1S/C20H25N3O3S/c1-2-14-23-27(25,26)19-10-5-16(6-11-19)7-12-20(24)22-15-13-17-3-8-18(21)9-4-17/h3-12,23H,2,13-15,21H2,1H3,(H,22,24). The average molecular weight is 388 g/mol. The molecular formula is C20H25N3O3S. The Kier molecular flexibility index (Phi) is 7.57. The van der Waals surface area contributed by atoms with Crippen molar-refractivity contribution >= 4 is 27.7 Å². The predicted octanol–water partition coefficient (Wildman–Crippen LogP) is 2.33. The molecule has 1 amide bonds. The summed E-state index contributed by atoms with van der Waals surface area (Å²) in [5.41, 5.74) is 8.20. The molecule has 0 saturated carbocycles. The van der Waals surface area contributed by atoms with Gasteiger partial charge in [0.05, 0.1) is 4.90 Å². The molecule has 0 aliphatic carbocycles. The van der Waals surface area contributed by atoms with Gasteiger partial charge < -0.3 is 11.1 Å². The number of hydrogen-bond donors (Lipinski definition) is 3. The van der Waals surface area contributed by atoms with Gasteiger partial charge in [-0.15, -0.1) is 0 Å². The maximum atomic E-state index is 12.0. The number of hydrogen-bond acceptors (Lipinski definition) is 4. The summed E-state index contributed by atoms with van der Waals surface area (Å²) >= 11 is 0. The number of rotatable bonds is 9. The molecule has 2 aromatic carbocycles. The first-order valence-electron chi connectivity index (χ1n) is 8.81. The smallest absolute Gasteiger partial charge is 0.244 e. The lowest BCUT2D eigenvalue weighted by molar-refractivity contribution is -0.116. The number of sulfonamides is 1. The van der Waals surface area contributed by atoms with Crippen LogP contribution in [-0.2, 0) is 21.2 Å². The molecule has 6 nitrogen and oxygen atoms in total. The zero-order valence-electron chi connectivity index (χ0n) is 15.3. The van der Waals surface area contributed by atoms with Crippen molar-refractivity contribution in [3.05, 3.63) is 65.7 Å². The fraction of sp³-hybridized carbons (Fsp3) is 0.250. The second-order valence-electron chi connectivity index (χ2n) is 6.08. The second kappa shape index (κ2) is 9.89. The van der Waals surface area contributed by atoms with Crippen LogP contribution in [0.3, 0.4) is 0 Å². The Morgan fingerprint density at radius 1 is 1.04 bits per heavy atom. The highest BCUT2D eigenvalue weighted by Gasteiger charge is 2.11. The molecule has 4 N–H and O–H groups in total. The van der Waals surface area contributed by atoms with E-state index in [4.69, 9.17) is 5.73 Å². The first-order chi connectivity index (χ1) is 12.9. The molecule has 0 spiro atoms. The number of carbonyl (C=O) groups excluding carboxylic acids is 1. The number of anilines is 1. The molecule has 7 heteroatoms. The summed E-state index contributed by atoms with van der Waals surface area (Å²) in [4.78, 5) is 12.1. The van der Waals surface area contributed by atoms with E-state index < -0.39 is 10.0 Å². The van der Waals surface area contributed by atoms with Crippen molar-refractivity contribution in [1.82, 2.24) is 10.0 Å². The quantitative estimate of drug-likeness (QED) is 0.454. The van der Waals surface area contributed by atoms with Crippen molar-refractivity contribution in [2.45, 2.75) is 24.7 Å². The Bertz CT molecular complexity index is 874. The minimum atomic E-state index is -3.47. The molecule has 2 aromatic rings. The predicted molar refractivity (Wildman–Crippen MR) is 109 cm³/mol. The molecule has 0 atom stereocenters. The van der Waals surface area contributed by atoms with Crippen LogP contribution in [0.5, 0.6) is 0 Å². The van der Waals surface area contributed by atoms with Gasteiger partial charge in [0.1, 0.15) is 0 Å². The largest absolute Gasteiger partial charge is 0.399 e. The first-order valence-corrected chi connectivity index (χ1v) is 10.3. The summed E-state index contributed by atoms with van der Waals surface area (Å²) in [7, 11) is -3.47. The van der Waals surface area contributed by atoms with E-state index in [0.29, 0.717) is 18.8 Å². The van der Waals surface area contributed by atoms with Crippen molar-refractivity contribution in [2.75, 3.05) is 18.8 Å². The lowest BCUT2D eigenvalue weighted by Crippen LogP contribution is -2.24. The number of carbonyl (C=O) groups is 1. The van der Waals surface area contributed by atoms with E-state index in [1.54, 1.807) is 18.2 Å². The van der Waals surface area contributed by atoms with Gasteiger partial charge >= 0.3 is 0 Å². The first kappa shape index (κ1) is 20.7. The Hall–Kier alpha value is -2.64. The van der Waals surface area contributed by atoms with Gasteiger partial charge in [0.2, 0.25) is 15.9 Å². The highest BCUT2D eigenvalue weighted by Crippen LogP contribution is 2.11. The Balaban J connectivity index is 1.84. The zero-order chi connectivity index (χ0) is 19.7. The number of nitrogen functional groups attached to an aromatic ring is 1. The maximum Gasteiger partial charge on any atom is 0.244 e. The van der Waals surface area contributed by atoms with Gasteiger partial charge in [-0.3, -0.25) is 4.79 Å². The van der Waals surface area contributed by atoms with Crippen LogP contribution in [0, 0.1) is 0 Å². The highest BCUT2D eigenvalue weighted by molar-refractivity contribution is 7.89. The topological polar surface area (TPSA) is 101 Å². The van der Waals surface area contributed by atoms with Crippen molar-refractivity contribution in [1.29, 1.82) is 0 Å². The number of nitrogens with two attached hydrogens (primary N) is 1. The van der Waals surface area contributed by atoms with Crippen molar-refractivity contribution in [3.8, 4) is 0 Å². The van der Waals surface area contributed by atoms with Gasteiger partial charge in [0.25, 0.3) is 0 Å². The van der Waals surface area contributed by atoms with E-state index in [-0.39, 0.29) is 10.8 Å². The summed E-state index contributed by atoms with van der Waals surface area (Å²) in [6, 6.07) is 13.9. The van der Waals surface area contributed by atoms with Gasteiger partial charge in [0, 0.05) is 24.9 Å². The van der Waals surface area contributed by atoms with E-state index >= 15 is 0 Å². The van der Waals surface area contributed by atoms with Crippen LogP contribution in [0.1, 0.15) is 24.5 Å². The Morgan fingerprint density at radius 2 is 1.70 bits per heavy atom. The molecule has 0 heterocycles. The molecule has 2 rings (SSSR count). The molecule has 0 aliphatic heterocycles. The van der Waals surface area contributed by atoms with Crippen molar-refractivity contribution < 1.29 is 13.2 Å². The molecule has 0 aromatic heterocycles. The van der Waals surface area contributed by atoms with Crippen LogP contribution in [0.2, 0.25) is 0 Å². The SMILES string of the molecule is CCCNS(=O)(=O)c1ccc(C=CC(=O)NCCc2ccc(N)cc2)cc1. The Morgan fingerprint density at radius 3 is 2.33 bits per heavy atom. The van der Waals surface area contributed by atoms with E-state index in [1.807, 2.05) is 31.2 Å². The fourth-order valence-corrected chi connectivity index (χ4v) is 3.46. The monoisotopic (exact) mass is 387 g/mol. The normalized spacial score (nSPS) is 11.6. The molecule has 27 heavy (non-hydrogen) atoms. The number of nitrogens with one attached hydrogen (secondary N) is 2. The third-order valence-corrected chi connectivity index (χ3v) is 5.33. The van der Waals surface area contributed by atoms with Crippen LogP contribution in [0.15, 0.2) is 59.5 Å². The molecule has 0 bridgehead atoms. The average Bonchev–Trinajstić information content (AvgIpc) is 2.67. The van der Waals surface area contributed by atoms with Gasteiger partial charge in [-0.1, -0.05) is 31.2 Å². The lowest BCUT2D eigenvalue weighted by atomic mass is 10.1. The van der Waals surface area contributed by atoms with Crippen molar-refractivity contribution in [3.63, 3.8) is 0 Å². The molecular weight excluding hydrogens is 362 g/mol. The summed E-state index contributed by atoms with van der Waals surface area (Å²) < 4.78 is 26.6. The fourth-order valence-electron chi connectivity index (χ4n) is 2.32. The summed E-state index contributed by atoms with van der Waals surface area (Å²) in [6.45, 7) is 2.82. The second-order valence-corrected chi connectivity index (χ2v) is 7.85. The van der Waals surface area contributed by atoms with Crippen LogP contribution < -0.4 is 15.8 Å². The van der Waals surface area contributed by atoms with E-state index in [9.17, 15) is 13.2 Å². The van der Waals surface area contributed by atoms with Gasteiger partial charge in [-0.2, -0.15) is 0 Å². The zero-order valence-corrected chi connectivity index (χ0v) is 16.1. The van der Waals surface area contributed by atoms with E-state index in [1.165, 1.54) is 18.2 Å². The molecule has 0 unspecified atom stereocenters. The molecule has 0 aliphatic rings. The molecule has 0 fully saturated rings. The minimum absolute atomic E-state index is 0.202. The number of amides is 1. The minimum Gasteiger partial charge on any atom is -0.399 e. The highest BCUT2D eigenvalue weighted by atomic mass is 32.2. The maximum absolute atomic E-state index is 12.0.